The van der Waals surface area contributed by atoms with E-state index in [-0.39, 0.29) is 12.8 Å². The molecule has 0 saturated carbocycles. The second-order valence-electron chi connectivity index (χ2n) is 7.19. The van der Waals surface area contributed by atoms with Gasteiger partial charge in [-0.15, -0.1) is 0 Å². The molecule has 26 heavy (non-hydrogen) atoms. The highest BCUT2D eigenvalue weighted by Gasteiger charge is 2.29. The van der Waals surface area contributed by atoms with Crippen LogP contribution in [0.4, 0.5) is 10.5 Å². The predicted molar refractivity (Wildman–Crippen MR) is 97.8 cm³/mol. The fourth-order valence-electron chi connectivity index (χ4n) is 4.09. The zero-order valence-electron chi connectivity index (χ0n) is 15.3. The third-order valence-electron chi connectivity index (χ3n) is 5.70. The minimum atomic E-state index is -0.0413. The topological polar surface area (TPSA) is 63.3 Å². The summed E-state index contributed by atoms with van der Waals surface area (Å²) < 4.78 is 16.1. The molecule has 3 aliphatic heterocycles. The Balaban J connectivity index is 1.26. The number of carbonyl (C=O) groups is 1. The zero-order chi connectivity index (χ0) is 17.9. The Morgan fingerprint density at radius 1 is 1.08 bits per heavy atom. The Morgan fingerprint density at radius 2 is 1.81 bits per heavy atom. The van der Waals surface area contributed by atoms with E-state index in [1.165, 1.54) is 0 Å². The van der Waals surface area contributed by atoms with E-state index in [1.54, 1.807) is 7.11 Å². The number of carbonyl (C=O) groups excluding carboxylic acids is 1. The van der Waals surface area contributed by atoms with Gasteiger partial charge in [-0.3, -0.25) is 0 Å². The first kappa shape index (κ1) is 17.4. The fourth-order valence-corrected chi connectivity index (χ4v) is 4.09. The highest BCUT2D eigenvalue weighted by Crippen LogP contribution is 2.34. The van der Waals surface area contributed by atoms with E-state index in [1.807, 2.05) is 23.1 Å². The summed E-state index contributed by atoms with van der Waals surface area (Å²) in [5, 5.41) is 2.97. The number of anilines is 1. The molecule has 2 amide bonds. The van der Waals surface area contributed by atoms with Crippen LogP contribution in [0.5, 0.6) is 11.5 Å². The van der Waals surface area contributed by atoms with Crippen molar-refractivity contribution in [2.75, 3.05) is 45.4 Å². The minimum absolute atomic E-state index is 0.0413. The van der Waals surface area contributed by atoms with Gasteiger partial charge in [0.25, 0.3) is 0 Å². The van der Waals surface area contributed by atoms with Crippen LogP contribution < -0.4 is 14.8 Å². The fraction of sp³-hybridized carbons (Fsp3) is 0.632. The molecule has 0 aromatic heterocycles. The van der Waals surface area contributed by atoms with Crippen LogP contribution in [0.15, 0.2) is 18.2 Å². The summed E-state index contributed by atoms with van der Waals surface area (Å²) >= 11 is 0. The molecule has 0 bridgehead atoms. The molecule has 1 aromatic carbocycles. The number of methoxy groups -OCH3 is 1. The van der Waals surface area contributed by atoms with E-state index in [0.29, 0.717) is 17.9 Å². The number of benzene rings is 1. The van der Waals surface area contributed by atoms with Crippen molar-refractivity contribution in [3.05, 3.63) is 18.2 Å². The molecule has 0 aliphatic carbocycles. The quantitative estimate of drug-likeness (QED) is 0.896. The minimum Gasteiger partial charge on any atom is -0.454 e. The number of amides is 2. The third kappa shape index (κ3) is 3.73. The van der Waals surface area contributed by atoms with Gasteiger partial charge in [-0.2, -0.15) is 0 Å². The van der Waals surface area contributed by atoms with Gasteiger partial charge in [0.1, 0.15) is 0 Å². The molecule has 7 nitrogen and oxygen atoms in total. The molecular formula is C19H27N3O4. The molecule has 0 spiro atoms. The maximum Gasteiger partial charge on any atom is 0.321 e. The molecule has 2 saturated heterocycles. The van der Waals surface area contributed by atoms with Crippen molar-refractivity contribution in [3.8, 4) is 11.5 Å². The molecule has 0 atom stereocenters. The first-order valence-electron chi connectivity index (χ1n) is 9.45. The monoisotopic (exact) mass is 361 g/mol. The van der Waals surface area contributed by atoms with Gasteiger partial charge < -0.3 is 29.3 Å². The standard InChI is InChI=1S/C19H27N3O4/c1-24-16-6-10-21(11-7-16)15-4-8-22(9-5-15)19(23)20-14-2-3-17-18(12-14)26-13-25-17/h2-3,12,15-16H,4-11,13H2,1H3,(H,20,23). The molecular weight excluding hydrogens is 334 g/mol. The number of rotatable bonds is 3. The lowest BCUT2D eigenvalue weighted by atomic mass is 9.99. The number of hydrogen-bond donors (Lipinski definition) is 1. The molecule has 2 fully saturated rings. The van der Waals surface area contributed by atoms with E-state index in [2.05, 4.69) is 10.2 Å². The normalized spacial score (nSPS) is 21.8. The highest BCUT2D eigenvalue weighted by molar-refractivity contribution is 5.89. The van der Waals surface area contributed by atoms with Gasteiger partial charge in [-0.25, -0.2) is 4.79 Å². The van der Waals surface area contributed by atoms with E-state index in [4.69, 9.17) is 14.2 Å². The SMILES string of the molecule is COC1CCN(C2CCN(C(=O)Nc3ccc4c(c3)OCO4)CC2)CC1. The molecule has 0 unspecified atom stereocenters. The number of hydrogen-bond acceptors (Lipinski definition) is 5. The van der Waals surface area contributed by atoms with Crippen LogP contribution in [-0.2, 0) is 4.74 Å². The average molecular weight is 361 g/mol. The Labute approximate surface area is 154 Å². The molecule has 1 N–H and O–H groups in total. The summed E-state index contributed by atoms with van der Waals surface area (Å²) in [6, 6.07) is 6.03. The van der Waals surface area contributed by atoms with E-state index >= 15 is 0 Å². The lowest BCUT2D eigenvalue weighted by Crippen LogP contribution is -2.50. The molecule has 0 radical (unpaired) electrons. The zero-order valence-corrected chi connectivity index (χ0v) is 15.3. The number of likely N-dealkylation sites (tertiary alicyclic amines) is 2. The van der Waals surface area contributed by atoms with Gasteiger partial charge in [0.15, 0.2) is 11.5 Å². The first-order chi connectivity index (χ1) is 12.7. The summed E-state index contributed by atoms with van der Waals surface area (Å²) in [6.45, 7) is 4.04. The number of ether oxygens (including phenoxy) is 3. The number of piperidine rings is 2. The van der Waals surface area contributed by atoms with Crippen molar-refractivity contribution in [2.45, 2.75) is 37.8 Å². The van der Waals surface area contributed by atoms with Crippen molar-refractivity contribution >= 4 is 11.7 Å². The maximum absolute atomic E-state index is 12.5. The van der Waals surface area contributed by atoms with Crippen LogP contribution in [-0.4, -0.2) is 68.1 Å². The Hall–Kier alpha value is -1.99. The van der Waals surface area contributed by atoms with Crippen LogP contribution >= 0.6 is 0 Å². The molecule has 7 heteroatoms. The summed E-state index contributed by atoms with van der Waals surface area (Å²) in [5.41, 5.74) is 0.739. The summed E-state index contributed by atoms with van der Waals surface area (Å²) in [5.74, 6) is 1.40. The second-order valence-corrected chi connectivity index (χ2v) is 7.19. The second kappa shape index (κ2) is 7.72. The summed E-state index contributed by atoms with van der Waals surface area (Å²) in [6.07, 6.45) is 4.71. The van der Waals surface area contributed by atoms with Crippen molar-refractivity contribution in [1.29, 1.82) is 0 Å². The number of urea groups is 1. The molecule has 3 heterocycles. The lowest BCUT2D eigenvalue weighted by molar-refractivity contribution is 0.0173. The van der Waals surface area contributed by atoms with Gasteiger partial charge in [0.2, 0.25) is 6.79 Å². The highest BCUT2D eigenvalue weighted by atomic mass is 16.7. The largest absolute Gasteiger partial charge is 0.454 e. The van der Waals surface area contributed by atoms with E-state index in [0.717, 1.165) is 63.3 Å². The van der Waals surface area contributed by atoms with Crippen molar-refractivity contribution in [2.24, 2.45) is 0 Å². The van der Waals surface area contributed by atoms with Gasteiger partial charge in [0.05, 0.1) is 6.10 Å². The van der Waals surface area contributed by atoms with Gasteiger partial charge in [-0.05, 0) is 37.8 Å². The van der Waals surface area contributed by atoms with Crippen molar-refractivity contribution < 1.29 is 19.0 Å². The lowest BCUT2D eigenvalue weighted by Gasteiger charge is -2.41. The van der Waals surface area contributed by atoms with E-state index < -0.39 is 0 Å². The van der Waals surface area contributed by atoms with Crippen LogP contribution in [0.2, 0.25) is 0 Å². The Morgan fingerprint density at radius 3 is 2.54 bits per heavy atom. The number of nitrogens with zero attached hydrogens (tertiary/aromatic N) is 2. The molecule has 3 aliphatic rings. The smallest absolute Gasteiger partial charge is 0.321 e. The predicted octanol–water partition coefficient (Wildman–Crippen LogP) is 2.52. The van der Waals surface area contributed by atoms with Crippen LogP contribution in [0.1, 0.15) is 25.7 Å². The molecule has 1 aromatic rings. The van der Waals surface area contributed by atoms with E-state index in [9.17, 15) is 4.79 Å². The summed E-state index contributed by atoms with van der Waals surface area (Å²) in [4.78, 5) is 17.0. The third-order valence-corrected chi connectivity index (χ3v) is 5.70. The Kier molecular flexibility index (Phi) is 5.17. The molecule has 142 valence electrons. The molecule has 4 rings (SSSR count). The number of fused-ring (bicyclic) bond motifs is 1. The average Bonchev–Trinajstić information content (AvgIpc) is 3.16. The van der Waals surface area contributed by atoms with Gasteiger partial charge >= 0.3 is 6.03 Å². The van der Waals surface area contributed by atoms with Crippen LogP contribution in [0.25, 0.3) is 0 Å². The first-order valence-corrected chi connectivity index (χ1v) is 9.45. The number of nitrogens with one attached hydrogen (secondary N) is 1. The van der Waals surface area contributed by atoms with Crippen molar-refractivity contribution in [1.82, 2.24) is 9.80 Å². The maximum atomic E-state index is 12.5. The van der Waals surface area contributed by atoms with Gasteiger partial charge in [-0.1, -0.05) is 0 Å². The van der Waals surface area contributed by atoms with Crippen LogP contribution in [0.3, 0.4) is 0 Å². The van der Waals surface area contributed by atoms with Crippen molar-refractivity contribution in [3.63, 3.8) is 0 Å². The Bertz CT molecular complexity index is 638. The van der Waals surface area contributed by atoms with Gasteiger partial charge in [0, 0.05) is 51.1 Å². The van der Waals surface area contributed by atoms with Crippen LogP contribution in [0, 0.1) is 0 Å². The summed E-state index contributed by atoms with van der Waals surface area (Å²) in [7, 11) is 1.80.